The molecule has 2 aliphatic rings. The number of hydrogen-bond acceptors (Lipinski definition) is 12. The molecule has 48 heavy (non-hydrogen) atoms. The molecule has 1 fully saturated rings. The molecule has 2 aliphatic heterocycles. The second kappa shape index (κ2) is 13.0. The van der Waals surface area contributed by atoms with Crippen LogP contribution in [-0.4, -0.2) is 79.7 Å². The molecule has 0 spiro atoms. The molecule has 1 atom stereocenters. The van der Waals surface area contributed by atoms with Gasteiger partial charge in [0.15, 0.2) is 0 Å². The first-order valence-corrected chi connectivity index (χ1v) is 17.9. The molecule has 0 N–H and O–H groups in total. The predicted octanol–water partition coefficient (Wildman–Crippen LogP) is 5.78. The summed E-state index contributed by atoms with van der Waals surface area (Å²) in [5.41, 5.74) is -0.809. The molecule has 13 nitrogen and oxygen atoms in total. The van der Waals surface area contributed by atoms with Gasteiger partial charge in [-0.15, -0.1) is 11.3 Å². The van der Waals surface area contributed by atoms with Crippen LogP contribution in [0.1, 0.15) is 63.3 Å². The van der Waals surface area contributed by atoms with Crippen molar-refractivity contribution in [1.29, 1.82) is 0 Å². The first kappa shape index (κ1) is 35.2. The number of pyridine rings is 1. The summed E-state index contributed by atoms with van der Waals surface area (Å²) in [6, 6.07) is 7.39. The van der Waals surface area contributed by atoms with E-state index in [9.17, 15) is 22.8 Å². The van der Waals surface area contributed by atoms with Crippen LogP contribution in [0.2, 0.25) is 0 Å². The standard InChI is InChI=1S/C32H38FN5O8S2/c1-31(2,3)44-29(40)38(30(41)45-32(4,5)6)24-16-20(9-10-22(24)33)37-15-13-23-26(28(37)39)47-27(35-23)19-8-11-25(34-17-19)36-14-12-21(18-36)46-48(7,42)43/h8-11,16-17,21H,12-15,18H2,1-7H3/t21-/m1/s1. The van der Waals surface area contributed by atoms with Gasteiger partial charge in [-0.2, -0.15) is 13.3 Å². The fourth-order valence-corrected chi connectivity index (χ4v) is 6.89. The van der Waals surface area contributed by atoms with Crippen molar-refractivity contribution in [2.75, 3.05) is 40.6 Å². The Bertz CT molecular complexity index is 1810. The molecule has 1 aromatic carbocycles. The maximum Gasteiger partial charge on any atom is 0.424 e. The lowest BCUT2D eigenvalue weighted by Gasteiger charge is -2.30. The lowest BCUT2D eigenvalue weighted by Crippen LogP contribution is -2.44. The number of aromatic nitrogens is 2. The lowest BCUT2D eigenvalue weighted by molar-refractivity contribution is 0.0428. The number of benzene rings is 1. The molecular formula is C32H38FN5O8S2. The number of carbonyl (C=O) groups excluding carboxylic acids is 3. The van der Waals surface area contributed by atoms with E-state index in [0.29, 0.717) is 57.8 Å². The van der Waals surface area contributed by atoms with Gasteiger partial charge in [-0.1, -0.05) is 0 Å². The molecule has 2 aromatic heterocycles. The summed E-state index contributed by atoms with van der Waals surface area (Å²) < 4.78 is 54.2. The Kier molecular flexibility index (Phi) is 9.56. The average molecular weight is 704 g/mol. The molecule has 5 rings (SSSR count). The van der Waals surface area contributed by atoms with Crippen molar-refractivity contribution >= 4 is 56.7 Å². The summed E-state index contributed by atoms with van der Waals surface area (Å²) in [7, 11) is -3.55. The van der Waals surface area contributed by atoms with Crippen LogP contribution < -0.4 is 14.7 Å². The number of rotatable bonds is 6. The molecular weight excluding hydrogens is 666 g/mol. The highest BCUT2D eigenvalue weighted by Gasteiger charge is 2.36. The molecule has 3 aromatic rings. The fraction of sp³-hybridized carbons (Fsp3) is 0.469. The summed E-state index contributed by atoms with van der Waals surface area (Å²) in [5.74, 6) is -0.581. The van der Waals surface area contributed by atoms with Gasteiger partial charge in [0, 0.05) is 43.5 Å². The smallest absolute Gasteiger partial charge is 0.424 e. The van der Waals surface area contributed by atoms with Crippen LogP contribution in [0.3, 0.4) is 0 Å². The van der Waals surface area contributed by atoms with Gasteiger partial charge >= 0.3 is 12.2 Å². The summed E-state index contributed by atoms with van der Waals surface area (Å²) in [4.78, 5) is 53.6. The Labute approximate surface area is 282 Å². The van der Waals surface area contributed by atoms with Crippen molar-refractivity contribution < 1.29 is 40.8 Å². The number of amides is 3. The van der Waals surface area contributed by atoms with Crippen LogP contribution in [0.15, 0.2) is 36.5 Å². The van der Waals surface area contributed by atoms with E-state index in [-0.39, 0.29) is 18.1 Å². The number of fused-ring (bicyclic) bond motifs is 1. The Morgan fingerprint density at radius 1 is 1.02 bits per heavy atom. The highest BCUT2D eigenvalue weighted by molar-refractivity contribution is 7.86. The Morgan fingerprint density at radius 2 is 1.69 bits per heavy atom. The molecule has 1 saturated heterocycles. The van der Waals surface area contributed by atoms with Crippen molar-refractivity contribution in [3.05, 3.63) is 52.9 Å². The van der Waals surface area contributed by atoms with Crippen molar-refractivity contribution in [3.63, 3.8) is 0 Å². The van der Waals surface area contributed by atoms with E-state index in [1.807, 2.05) is 17.0 Å². The molecule has 3 amide bonds. The Hall–Kier alpha value is -4.15. The zero-order valence-electron chi connectivity index (χ0n) is 27.8. The third-order valence-electron chi connectivity index (χ3n) is 7.12. The van der Waals surface area contributed by atoms with Gasteiger partial charge in [-0.3, -0.25) is 8.98 Å². The number of ether oxygens (including phenoxy) is 2. The fourth-order valence-electron chi connectivity index (χ4n) is 5.19. The van der Waals surface area contributed by atoms with Crippen molar-refractivity contribution in [2.45, 2.75) is 71.7 Å². The highest BCUT2D eigenvalue weighted by atomic mass is 32.2. The van der Waals surface area contributed by atoms with E-state index in [0.717, 1.165) is 12.3 Å². The van der Waals surface area contributed by atoms with E-state index in [2.05, 4.69) is 4.98 Å². The molecule has 258 valence electrons. The van der Waals surface area contributed by atoms with Gasteiger partial charge in [0.05, 0.1) is 23.7 Å². The minimum atomic E-state index is -3.55. The summed E-state index contributed by atoms with van der Waals surface area (Å²) >= 11 is 1.20. The lowest BCUT2D eigenvalue weighted by atomic mass is 10.1. The topological polar surface area (TPSA) is 149 Å². The maximum atomic E-state index is 15.3. The van der Waals surface area contributed by atoms with Crippen molar-refractivity contribution in [1.82, 2.24) is 9.97 Å². The monoisotopic (exact) mass is 703 g/mol. The number of thiazole rings is 1. The van der Waals surface area contributed by atoms with Gasteiger partial charge in [0.25, 0.3) is 16.0 Å². The van der Waals surface area contributed by atoms with Crippen molar-refractivity contribution in [3.8, 4) is 10.6 Å². The minimum absolute atomic E-state index is 0.224. The number of anilines is 3. The second-order valence-corrected chi connectivity index (χ2v) is 16.1. The molecule has 4 heterocycles. The van der Waals surface area contributed by atoms with Gasteiger partial charge in [0.2, 0.25) is 0 Å². The van der Waals surface area contributed by atoms with Crippen molar-refractivity contribution in [2.24, 2.45) is 0 Å². The summed E-state index contributed by atoms with van der Waals surface area (Å²) in [5, 5.41) is 0.592. The van der Waals surface area contributed by atoms with Crippen LogP contribution in [0.25, 0.3) is 10.6 Å². The first-order chi connectivity index (χ1) is 22.3. The number of halogens is 1. The molecule has 0 bridgehead atoms. The van der Waals surface area contributed by atoms with Gasteiger partial charge < -0.3 is 19.3 Å². The van der Waals surface area contributed by atoms with Crippen LogP contribution in [-0.2, 0) is 30.2 Å². The number of hydrogen-bond donors (Lipinski definition) is 0. The zero-order valence-corrected chi connectivity index (χ0v) is 29.4. The quantitative estimate of drug-likeness (QED) is 0.288. The number of nitrogens with zero attached hydrogens (tertiary/aromatic N) is 5. The molecule has 0 aliphatic carbocycles. The average Bonchev–Trinajstić information content (AvgIpc) is 3.60. The first-order valence-electron chi connectivity index (χ1n) is 15.2. The van der Waals surface area contributed by atoms with E-state index in [1.54, 1.807) is 47.7 Å². The van der Waals surface area contributed by atoms with Crippen LogP contribution in [0, 0.1) is 5.82 Å². The second-order valence-electron chi connectivity index (χ2n) is 13.5. The van der Waals surface area contributed by atoms with Gasteiger partial charge in [-0.25, -0.2) is 23.9 Å². The number of carbonyl (C=O) groups is 3. The summed E-state index contributed by atoms with van der Waals surface area (Å²) in [6.45, 7) is 10.9. The zero-order chi connectivity index (χ0) is 35.2. The molecule has 0 saturated carbocycles. The van der Waals surface area contributed by atoms with Gasteiger partial charge in [0.1, 0.15) is 32.7 Å². The highest BCUT2D eigenvalue weighted by Crippen LogP contribution is 2.36. The molecule has 0 radical (unpaired) electrons. The third kappa shape index (κ3) is 8.28. The van der Waals surface area contributed by atoms with E-state index < -0.39 is 51.1 Å². The van der Waals surface area contributed by atoms with E-state index in [1.165, 1.54) is 28.4 Å². The predicted molar refractivity (Wildman–Crippen MR) is 179 cm³/mol. The van der Waals surface area contributed by atoms with Crippen LogP contribution in [0.5, 0.6) is 0 Å². The normalized spacial score (nSPS) is 16.9. The summed E-state index contributed by atoms with van der Waals surface area (Å²) in [6.07, 6.45) is 0.968. The van der Waals surface area contributed by atoms with E-state index >= 15 is 4.39 Å². The van der Waals surface area contributed by atoms with Crippen LogP contribution >= 0.6 is 11.3 Å². The largest absolute Gasteiger partial charge is 0.443 e. The molecule has 0 unspecified atom stereocenters. The number of imide groups is 1. The Balaban J connectivity index is 1.37. The minimum Gasteiger partial charge on any atom is -0.443 e. The SMILES string of the molecule is CC(C)(C)OC(=O)N(C(=O)OC(C)(C)C)c1cc(N2CCc3nc(-c4ccc(N5CC[C@@H](OS(C)(=O)=O)C5)nc4)sc3C2=O)ccc1F. The Morgan fingerprint density at radius 3 is 2.27 bits per heavy atom. The molecule has 16 heteroatoms. The third-order valence-corrected chi connectivity index (χ3v) is 8.87. The van der Waals surface area contributed by atoms with E-state index in [4.69, 9.17) is 18.6 Å². The maximum absolute atomic E-state index is 15.3. The van der Waals surface area contributed by atoms with Crippen LogP contribution in [0.4, 0.5) is 31.2 Å². The van der Waals surface area contributed by atoms with Gasteiger partial charge in [-0.05, 0) is 78.3 Å².